The van der Waals surface area contributed by atoms with Crippen molar-refractivity contribution in [3.8, 4) is 0 Å². The van der Waals surface area contributed by atoms with E-state index < -0.39 is 20.5 Å². The van der Waals surface area contributed by atoms with Crippen molar-refractivity contribution in [2.45, 2.75) is 41.9 Å². The van der Waals surface area contributed by atoms with Crippen molar-refractivity contribution in [2.24, 2.45) is 0 Å². The van der Waals surface area contributed by atoms with E-state index in [4.69, 9.17) is 23.2 Å². The van der Waals surface area contributed by atoms with Crippen LogP contribution in [-0.4, -0.2) is 19.1 Å². The number of nitrogens with one attached hydrogen (secondary N) is 1. The van der Waals surface area contributed by atoms with Crippen molar-refractivity contribution in [1.82, 2.24) is 5.32 Å². The normalized spacial score (nSPS) is 16.4. The predicted molar refractivity (Wildman–Crippen MR) is 103 cm³/mol. The highest BCUT2D eigenvalue weighted by Crippen LogP contribution is 2.41. The molecule has 0 bridgehead atoms. The van der Waals surface area contributed by atoms with E-state index in [0.717, 1.165) is 5.56 Å². The van der Waals surface area contributed by atoms with E-state index in [2.05, 4.69) is 5.32 Å². The van der Waals surface area contributed by atoms with Crippen LogP contribution in [-0.2, 0) is 21.2 Å². The number of benzene rings is 2. The van der Waals surface area contributed by atoms with Gasteiger partial charge in [0.2, 0.25) is 5.91 Å². The number of halogens is 2. The van der Waals surface area contributed by atoms with Gasteiger partial charge in [0.05, 0.1) is 4.90 Å². The van der Waals surface area contributed by atoms with Gasteiger partial charge >= 0.3 is 0 Å². The fraction of sp³-hybridized carbons (Fsp3) is 0.316. The molecule has 0 atom stereocenters. The molecule has 1 amide bonds. The number of carbonyl (C=O) groups excluding carboxylic acids is 1. The molecule has 0 spiro atoms. The first-order valence-corrected chi connectivity index (χ1v) is 10.6. The third-order valence-electron chi connectivity index (χ3n) is 4.83. The highest BCUT2D eigenvalue weighted by Gasteiger charge is 2.52. The molecule has 1 saturated carbocycles. The molecule has 138 valence electrons. The lowest BCUT2D eigenvalue weighted by Gasteiger charge is -2.27. The molecule has 0 saturated heterocycles. The van der Waals surface area contributed by atoms with Gasteiger partial charge in [-0.2, -0.15) is 0 Å². The average Bonchev–Trinajstić information content (AvgIpc) is 3.13. The predicted octanol–water partition coefficient (Wildman–Crippen LogP) is 4.40. The molecule has 2 aromatic carbocycles. The van der Waals surface area contributed by atoms with Crippen LogP contribution in [0.15, 0.2) is 53.4 Å². The van der Waals surface area contributed by atoms with Gasteiger partial charge in [0, 0.05) is 16.6 Å². The van der Waals surface area contributed by atoms with Crippen LogP contribution in [0.25, 0.3) is 0 Å². The fourth-order valence-electron chi connectivity index (χ4n) is 3.35. The first-order chi connectivity index (χ1) is 12.3. The molecule has 0 aromatic heterocycles. The van der Waals surface area contributed by atoms with Crippen LogP contribution < -0.4 is 5.32 Å². The van der Waals surface area contributed by atoms with Gasteiger partial charge in [0.15, 0.2) is 14.6 Å². The molecule has 1 aliphatic carbocycles. The van der Waals surface area contributed by atoms with Crippen molar-refractivity contribution in [2.75, 3.05) is 0 Å². The molecule has 2 aromatic rings. The van der Waals surface area contributed by atoms with Gasteiger partial charge in [0.1, 0.15) is 0 Å². The van der Waals surface area contributed by atoms with E-state index in [1.807, 2.05) is 0 Å². The molecule has 0 radical (unpaired) electrons. The van der Waals surface area contributed by atoms with Crippen LogP contribution in [0.1, 0.15) is 31.2 Å². The Morgan fingerprint density at radius 3 is 1.96 bits per heavy atom. The third kappa shape index (κ3) is 3.61. The lowest BCUT2D eigenvalue weighted by atomic mass is 10.1. The van der Waals surface area contributed by atoms with Crippen LogP contribution in [0.2, 0.25) is 10.0 Å². The second-order valence-electron chi connectivity index (χ2n) is 6.47. The van der Waals surface area contributed by atoms with Gasteiger partial charge in [-0.05, 0) is 54.8 Å². The first-order valence-electron chi connectivity index (χ1n) is 8.38. The highest BCUT2D eigenvalue weighted by molar-refractivity contribution is 7.93. The molecule has 4 nitrogen and oxygen atoms in total. The Bertz CT molecular complexity index is 887. The molecule has 0 unspecified atom stereocenters. The molecule has 7 heteroatoms. The molecule has 1 N–H and O–H groups in total. The van der Waals surface area contributed by atoms with Crippen molar-refractivity contribution >= 4 is 38.9 Å². The average molecular weight is 412 g/mol. The minimum absolute atomic E-state index is 0.130. The largest absolute Gasteiger partial charge is 0.351 e. The summed E-state index contributed by atoms with van der Waals surface area (Å²) in [6.45, 7) is 0.258. The van der Waals surface area contributed by atoms with Crippen LogP contribution in [0.4, 0.5) is 0 Å². The van der Waals surface area contributed by atoms with E-state index in [9.17, 15) is 13.2 Å². The van der Waals surface area contributed by atoms with Crippen LogP contribution in [0.5, 0.6) is 0 Å². The summed E-state index contributed by atoms with van der Waals surface area (Å²) in [6, 6.07) is 13.1. The van der Waals surface area contributed by atoms with Crippen LogP contribution >= 0.6 is 23.2 Å². The van der Waals surface area contributed by atoms with Crippen LogP contribution in [0, 0.1) is 0 Å². The maximum absolute atomic E-state index is 13.2. The second-order valence-corrected chi connectivity index (χ2v) is 9.60. The first kappa shape index (κ1) is 19.2. The van der Waals surface area contributed by atoms with E-state index in [0.29, 0.717) is 35.7 Å². The maximum Gasteiger partial charge on any atom is 0.242 e. The van der Waals surface area contributed by atoms with E-state index in [-0.39, 0.29) is 11.4 Å². The van der Waals surface area contributed by atoms with Gasteiger partial charge in [-0.25, -0.2) is 8.42 Å². The Morgan fingerprint density at radius 2 is 1.42 bits per heavy atom. The minimum Gasteiger partial charge on any atom is -0.351 e. The van der Waals surface area contributed by atoms with Gasteiger partial charge in [0.25, 0.3) is 0 Å². The van der Waals surface area contributed by atoms with Gasteiger partial charge in [-0.3, -0.25) is 4.79 Å². The van der Waals surface area contributed by atoms with Gasteiger partial charge in [-0.15, -0.1) is 0 Å². The summed E-state index contributed by atoms with van der Waals surface area (Å²) in [4.78, 5) is 13.1. The van der Waals surface area contributed by atoms with E-state index >= 15 is 0 Å². The van der Waals surface area contributed by atoms with Crippen molar-refractivity contribution in [3.05, 3.63) is 64.1 Å². The van der Waals surface area contributed by atoms with Crippen molar-refractivity contribution < 1.29 is 13.2 Å². The Kier molecular flexibility index (Phi) is 5.61. The zero-order chi connectivity index (χ0) is 18.8. The standard InChI is InChI=1S/C19H19Cl2NO3S/c20-15-5-3-14(4-6-15)13-22-18(23)19(11-1-2-12-19)26(24,25)17-9-7-16(21)8-10-17/h3-10H,1-2,11-13H2,(H,22,23). The lowest BCUT2D eigenvalue weighted by molar-refractivity contribution is -0.123. The summed E-state index contributed by atoms with van der Waals surface area (Å²) in [6.07, 6.45) is 2.07. The molecule has 0 aliphatic heterocycles. The lowest BCUT2D eigenvalue weighted by Crippen LogP contribution is -2.50. The topological polar surface area (TPSA) is 63.2 Å². The smallest absolute Gasteiger partial charge is 0.242 e. The summed E-state index contributed by atoms with van der Waals surface area (Å²) < 4.78 is 25.1. The van der Waals surface area contributed by atoms with Gasteiger partial charge in [-0.1, -0.05) is 48.2 Å². The summed E-state index contributed by atoms with van der Waals surface area (Å²) in [5.41, 5.74) is 0.861. The zero-order valence-electron chi connectivity index (χ0n) is 14.0. The van der Waals surface area contributed by atoms with Gasteiger partial charge < -0.3 is 5.32 Å². The summed E-state index contributed by atoms with van der Waals surface area (Å²) >= 11 is 11.7. The number of sulfone groups is 1. The third-order valence-corrected chi connectivity index (χ3v) is 7.85. The molecule has 3 rings (SSSR count). The zero-order valence-corrected chi connectivity index (χ0v) is 16.4. The Hall–Kier alpha value is -1.56. The van der Waals surface area contributed by atoms with Crippen LogP contribution in [0.3, 0.4) is 0 Å². The molecule has 0 heterocycles. The Morgan fingerprint density at radius 1 is 0.923 bits per heavy atom. The summed E-state index contributed by atoms with van der Waals surface area (Å²) in [5.74, 6) is -0.445. The monoisotopic (exact) mass is 411 g/mol. The quantitative estimate of drug-likeness (QED) is 0.792. The summed E-state index contributed by atoms with van der Waals surface area (Å²) in [5, 5.41) is 3.87. The molecule has 1 fully saturated rings. The summed E-state index contributed by atoms with van der Waals surface area (Å²) in [7, 11) is -3.82. The minimum atomic E-state index is -3.82. The van der Waals surface area contributed by atoms with Crippen molar-refractivity contribution in [1.29, 1.82) is 0 Å². The van der Waals surface area contributed by atoms with E-state index in [1.54, 1.807) is 24.3 Å². The molecule has 26 heavy (non-hydrogen) atoms. The highest BCUT2D eigenvalue weighted by atomic mass is 35.5. The number of hydrogen-bond donors (Lipinski definition) is 1. The number of hydrogen-bond acceptors (Lipinski definition) is 3. The molecular weight excluding hydrogens is 393 g/mol. The Labute approximate surface area is 163 Å². The fourth-order valence-corrected chi connectivity index (χ4v) is 5.69. The number of amides is 1. The second kappa shape index (κ2) is 7.59. The Balaban J connectivity index is 1.85. The number of carbonyl (C=O) groups is 1. The molecule has 1 aliphatic rings. The number of rotatable bonds is 5. The molecular formula is C19H19Cl2NO3S. The maximum atomic E-state index is 13.2. The van der Waals surface area contributed by atoms with Crippen molar-refractivity contribution in [3.63, 3.8) is 0 Å². The van der Waals surface area contributed by atoms with E-state index in [1.165, 1.54) is 24.3 Å². The SMILES string of the molecule is O=C(NCc1ccc(Cl)cc1)C1(S(=O)(=O)c2ccc(Cl)cc2)CCCC1.